The zero-order valence-corrected chi connectivity index (χ0v) is 8.93. The molecule has 1 aromatic rings. The van der Waals surface area contributed by atoms with E-state index in [0.717, 1.165) is 19.3 Å². The molecule has 2 amide bonds. The minimum atomic E-state index is -0.286. The number of unbranched alkanes of at least 4 members (excludes halogenated alkanes) is 2. The SMILES string of the molecule is CCCCCN(C=O)C(=O)n1cccc1. The molecule has 1 rings (SSSR count). The van der Waals surface area contributed by atoms with Crippen LogP contribution in [0.4, 0.5) is 4.79 Å². The van der Waals surface area contributed by atoms with E-state index in [4.69, 9.17) is 0 Å². The summed E-state index contributed by atoms with van der Waals surface area (Å²) in [4.78, 5) is 23.6. The molecule has 0 aliphatic carbocycles. The van der Waals surface area contributed by atoms with Crippen molar-refractivity contribution in [2.24, 2.45) is 0 Å². The van der Waals surface area contributed by atoms with Gasteiger partial charge in [0.25, 0.3) is 0 Å². The van der Waals surface area contributed by atoms with Gasteiger partial charge < -0.3 is 0 Å². The van der Waals surface area contributed by atoms with E-state index in [0.29, 0.717) is 13.0 Å². The molecule has 82 valence electrons. The van der Waals surface area contributed by atoms with Crippen molar-refractivity contribution in [3.05, 3.63) is 24.5 Å². The van der Waals surface area contributed by atoms with Gasteiger partial charge in [-0.2, -0.15) is 0 Å². The van der Waals surface area contributed by atoms with Crippen molar-refractivity contribution in [3.8, 4) is 0 Å². The minimum absolute atomic E-state index is 0.286. The predicted molar refractivity (Wildman–Crippen MR) is 57.5 cm³/mol. The summed E-state index contributed by atoms with van der Waals surface area (Å²) < 4.78 is 1.40. The second kappa shape index (κ2) is 6.01. The van der Waals surface area contributed by atoms with Gasteiger partial charge in [-0.05, 0) is 18.6 Å². The number of hydrogen-bond acceptors (Lipinski definition) is 2. The van der Waals surface area contributed by atoms with Crippen molar-refractivity contribution < 1.29 is 9.59 Å². The molecule has 0 saturated carbocycles. The predicted octanol–water partition coefficient (Wildman–Crippen LogP) is 2.10. The first-order chi connectivity index (χ1) is 7.29. The van der Waals surface area contributed by atoms with Crippen LogP contribution in [-0.2, 0) is 4.79 Å². The summed E-state index contributed by atoms with van der Waals surface area (Å²) in [5, 5.41) is 0. The maximum Gasteiger partial charge on any atom is 0.334 e. The molecule has 0 fully saturated rings. The third-order valence-electron chi connectivity index (χ3n) is 2.20. The number of aromatic nitrogens is 1. The zero-order valence-electron chi connectivity index (χ0n) is 8.93. The lowest BCUT2D eigenvalue weighted by Crippen LogP contribution is -2.33. The Morgan fingerprint density at radius 2 is 2.00 bits per heavy atom. The second-order valence-electron chi connectivity index (χ2n) is 3.38. The van der Waals surface area contributed by atoms with Crippen LogP contribution in [0.1, 0.15) is 26.2 Å². The van der Waals surface area contributed by atoms with E-state index in [2.05, 4.69) is 6.92 Å². The summed E-state index contributed by atoms with van der Waals surface area (Å²) in [6.45, 7) is 2.58. The molecule has 0 bridgehead atoms. The van der Waals surface area contributed by atoms with Crippen LogP contribution in [0.25, 0.3) is 0 Å². The highest BCUT2D eigenvalue weighted by molar-refractivity contribution is 5.86. The van der Waals surface area contributed by atoms with E-state index in [9.17, 15) is 9.59 Å². The average molecular weight is 208 g/mol. The first-order valence-corrected chi connectivity index (χ1v) is 5.18. The molecule has 0 atom stereocenters. The maximum absolute atomic E-state index is 11.7. The first kappa shape index (κ1) is 11.5. The molecular formula is C11H16N2O2. The Morgan fingerprint density at radius 3 is 2.53 bits per heavy atom. The highest BCUT2D eigenvalue weighted by Crippen LogP contribution is 2.00. The van der Waals surface area contributed by atoms with Crippen LogP contribution >= 0.6 is 0 Å². The van der Waals surface area contributed by atoms with Crippen LogP contribution in [0.2, 0.25) is 0 Å². The molecule has 0 radical (unpaired) electrons. The fraction of sp³-hybridized carbons (Fsp3) is 0.455. The van der Waals surface area contributed by atoms with E-state index >= 15 is 0 Å². The van der Waals surface area contributed by atoms with Crippen LogP contribution in [0.15, 0.2) is 24.5 Å². The third kappa shape index (κ3) is 3.23. The molecule has 0 saturated heterocycles. The monoisotopic (exact) mass is 208 g/mol. The summed E-state index contributed by atoms with van der Waals surface area (Å²) in [5.74, 6) is 0. The van der Waals surface area contributed by atoms with Gasteiger partial charge in [0, 0.05) is 18.9 Å². The molecule has 1 heterocycles. The smallest absolute Gasteiger partial charge is 0.278 e. The Hall–Kier alpha value is -1.58. The Kier molecular flexibility index (Phi) is 4.60. The number of rotatable bonds is 5. The molecular weight excluding hydrogens is 192 g/mol. The van der Waals surface area contributed by atoms with Gasteiger partial charge in [-0.1, -0.05) is 19.8 Å². The maximum atomic E-state index is 11.7. The van der Waals surface area contributed by atoms with E-state index < -0.39 is 0 Å². The lowest BCUT2D eigenvalue weighted by atomic mass is 10.2. The third-order valence-corrected chi connectivity index (χ3v) is 2.20. The first-order valence-electron chi connectivity index (χ1n) is 5.18. The number of amides is 2. The zero-order chi connectivity index (χ0) is 11.1. The van der Waals surface area contributed by atoms with Crippen LogP contribution in [0.5, 0.6) is 0 Å². The van der Waals surface area contributed by atoms with Crippen LogP contribution in [0, 0.1) is 0 Å². The summed E-state index contributed by atoms with van der Waals surface area (Å²) in [6.07, 6.45) is 6.84. The highest BCUT2D eigenvalue weighted by Gasteiger charge is 2.12. The molecule has 15 heavy (non-hydrogen) atoms. The molecule has 0 spiro atoms. The van der Waals surface area contributed by atoms with Gasteiger partial charge in [0.2, 0.25) is 6.41 Å². The van der Waals surface area contributed by atoms with Crippen LogP contribution in [0.3, 0.4) is 0 Å². The normalized spacial score (nSPS) is 9.93. The van der Waals surface area contributed by atoms with E-state index in [1.54, 1.807) is 24.5 Å². The van der Waals surface area contributed by atoms with E-state index in [1.807, 2.05) is 0 Å². The summed E-state index contributed by atoms with van der Waals surface area (Å²) in [7, 11) is 0. The Labute approximate surface area is 89.5 Å². The Morgan fingerprint density at radius 1 is 1.33 bits per heavy atom. The van der Waals surface area contributed by atoms with E-state index in [1.165, 1.54) is 9.47 Å². The second-order valence-corrected chi connectivity index (χ2v) is 3.38. The summed E-state index contributed by atoms with van der Waals surface area (Å²) in [5.41, 5.74) is 0. The number of nitrogens with zero attached hydrogens (tertiary/aromatic N) is 2. The van der Waals surface area contributed by atoms with Crippen molar-refractivity contribution in [1.82, 2.24) is 9.47 Å². The number of hydrogen-bond donors (Lipinski definition) is 0. The number of imide groups is 1. The van der Waals surface area contributed by atoms with E-state index in [-0.39, 0.29) is 6.03 Å². The van der Waals surface area contributed by atoms with Crippen molar-refractivity contribution in [1.29, 1.82) is 0 Å². The van der Waals surface area contributed by atoms with Crippen LogP contribution in [-0.4, -0.2) is 28.5 Å². The average Bonchev–Trinajstić information content (AvgIpc) is 2.77. The molecule has 0 aromatic carbocycles. The lowest BCUT2D eigenvalue weighted by molar-refractivity contribution is -0.115. The number of carbonyl (C=O) groups excluding carboxylic acids is 2. The highest BCUT2D eigenvalue weighted by atomic mass is 16.2. The molecule has 4 nitrogen and oxygen atoms in total. The van der Waals surface area contributed by atoms with Crippen molar-refractivity contribution in [3.63, 3.8) is 0 Å². The van der Waals surface area contributed by atoms with Gasteiger partial charge >= 0.3 is 6.03 Å². The largest absolute Gasteiger partial charge is 0.334 e. The molecule has 0 aliphatic rings. The minimum Gasteiger partial charge on any atom is -0.278 e. The van der Waals surface area contributed by atoms with Crippen molar-refractivity contribution >= 4 is 12.4 Å². The molecule has 0 aliphatic heterocycles. The van der Waals surface area contributed by atoms with Crippen molar-refractivity contribution in [2.45, 2.75) is 26.2 Å². The van der Waals surface area contributed by atoms with Crippen LogP contribution < -0.4 is 0 Å². The Balaban J connectivity index is 2.51. The van der Waals surface area contributed by atoms with Gasteiger partial charge in [0.1, 0.15) is 0 Å². The van der Waals surface area contributed by atoms with Gasteiger partial charge in [-0.3, -0.25) is 14.3 Å². The van der Waals surface area contributed by atoms with Crippen molar-refractivity contribution in [2.75, 3.05) is 6.54 Å². The van der Waals surface area contributed by atoms with Gasteiger partial charge in [-0.25, -0.2) is 4.79 Å². The fourth-order valence-electron chi connectivity index (χ4n) is 1.34. The van der Waals surface area contributed by atoms with Gasteiger partial charge in [-0.15, -0.1) is 0 Å². The standard InChI is InChI=1S/C11H16N2O2/c1-2-3-4-9-13(10-14)11(15)12-7-5-6-8-12/h5-8,10H,2-4,9H2,1H3. The summed E-state index contributed by atoms with van der Waals surface area (Å²) in [6, 6.07) is 3.23. The quantitative estimate of drug-likeness (QED) is 0.549. The molecule has 1 aromatic heterocycles. The number of carbonyl (C=O) groups is 2. The topological polar surface area (TPSA) is 42.3 Å². The molecule has 0 N–H and O–H groups in total. The lowest BCUT2D eigenvalue weighted by Gasteiger charge is -2.15. The summed E-state index contributed by atoms with van der Waals surface area (Å²) >= 11 is 0. The van der Waals surface area contributed by atoms with Gasteiger partial charge in [0.05, 0.1) is 0 Å². The molecule has 4 heteroatoms. The van der Waals surface area contributed by atoms with Gasteiger partial charge in [0.15, 0.2) is 0 Å². The fourth-order valence-corrected chi connectivity index (χ4v) is 1.34. The molecule has 0 unspecified atom stereocenters. The Bertz CT molecular complexity index is 306.